The molecule has 146 valence electrons. The van der Waals surface area contributed by atoms with Crippen molar-refractivity contribution < 1.29 is 13.9 Å². The third-order valence-corrected chi connectivity index (χ3v) is 5.05. The maximum atomic E-state index is 14.1. The average molecular weight is 380 g/mol. The van der Waals surface area contributed by atoms with Crippen molar-refractivity contribution in [3.8, 4) is 0 Å². The van der Waals surface area contributed by atoms with E-state index in [-0.39, 0.29) is 11.9 Å². The van der Waals surface area contributed by atoms with Crippen LogP contribution in [0.2, 0.25) is 0 Å². The molecule has 0 aliphatic carbocycles. The number of ether oxygens (including phenoxy) is 2. The Hall–Kier alpha value is -2.50. The maximum absolute atomic E-state index is 14.1. The Morgan fingerprint density at radius 3 is 2.75 bits per heavy atom. The molecule has 1 N–H and O–H groups in total. The normalized spacial score (nSPS) is 15.1. The highest BCUT2D eigenvalue weighted by Crippen LogP contribution is 2.25. The minimum Gasteiger partial charge on any atom is -0.381 e. The van der Waals surface area contributed by atoms with Crippen LogP contribution in [0.25, 0.3) is 10.9 Å². The quantitative estimate of drug-likeness (QED) is 0.654. The van der Waals surface area contributed by atoms with Crippen LogP contribution in [-0.4, -0.2) is 24.3 Å². The lowest BCUT2D eigenvalue weighted by molar-refractivity contribution is -0.0390. The molecule has 0 saturated carbocycles. The van der Waals surface area contributed by atoms with Crippen LogP contribution in [0, 0.1) is 12.7 Å². The zero-order valence-corrected chi connectivity index (χ0v) is 16.1. The second kappa shape index (κ2) is 8.67. The molecule has 1 saturated heterocycles. The number of fused-ring (bicyclic) bond motifs is 1. The number of rotatable bonds is 6. The predicted molar refractivity (Wildman–Crippen MR) is 109 cm³/mol. The Bertz CT molecular complexity index is 954. The van der Waals surface area contributed by atoms with Crippen LogP contribution in [0.1, 0.15) is 29.7 Å². The van der Waals surface area contributed by atoms with Crippen molar-refractivity contribution >= 4 is 16.6 Å². The lowest BCUT2D eigenvalue weighted by Gasteiger charge is -2.22. The monoisotopic (exact) mass is 380 g/mol. The molecule has 28 heavy (non-hydrogen) atoms. The fraction of sp³-hybridized carbons (Fsp3) is 0.348. The molecule has 0 atom stereocenters. The number of nitrogens with zero attached hydrogens (tertiary/aromatic N) is 1. The van der Waals surface area contributed by atoms with Gasteiger partial charge >= 0.3 is 0 Å². The Morgan fingerprint density at radius 1 is 1.11 bits per heavy atom. The third-order valence-electron chi connectivity index (χ3n) is 5.05. The largest absolute Gasteiger partial charge is 0.381 e. The molecule has 4 nitrogen and oxygen atoms in total. The number of aromatic nitrogens is 1. The molecule has 2 aromatic carbocycles. The number of hydrogen-bond donors (Lipinski definition) is 1. The summed E-state index contributed by atoms with van der Waals surface area (Å²) in [6.45, 7) is 4.72. The van der Waals surface area contributed by atoms with Crippen LogP contribution in [-0.2, 0) is 22.6 Å². The molecular weight excluding hydrogens is 355 g/mol. The molecule has 0 radical (unpaired) electrons. The summed E-state index contributed by atoms with van der Waals surface area (Å²) in [5, 5.41) is 4.24. The Labute approximate surface area is 164 Å². The molecule has 1 aliphatic heterocycles. The number of halogens is 1. The summed E-state index contributed by atoms with van der Waals surface area (Å²) in [4.78, 5) is 4.33. The summed E-state index contributed by atoms with van der Waals surface area (Å²) in [6.07, 6.45) is 2.22. The minimum atomic E-state index is -0.295. The van der Waals surface area contributed by atoms with Crippen LogP contribution >= 0.6 is 0 Å². The second-order valence-electron chi connectivity index (χ2n) is 7.24. The van der Waals surface area contributed by atoms with Crippen molar-refractivity contribution in [1.82, 2.24) is 4.98 Å². The molecule has 5 heteroatoms. The Balaban J connectivity index is 1.44. The van der Waals surface area contributed by atoms with Gasteiger partial charge in [-0.25, -0.2) is 9.37 Å². The summed E-state index contributed by atoms with van der Waals surface area (Å²) < 4.78 is 25.5. The second-order valence-corrected chi connectivity index (χ2v) is 7.24. The van der Waals surface area contributed by atoms with E-state index in [0.29, 0.717) is 18.7 Å². The molecule has 1 fully saturated rings. The van der Waals surface area contributed by atoms with Gasteiger partial charge in [-0.15, -0.1) is 0 Å². The number of para-hydroxylation sites is 1. The van der Waals surface area contributed by atoms with Crippen LogP contribution < -0.4 is 5.32 Å². The highest BCUT2D eigenvalue weighted by atomic mass is 19.1. The maximum Gasteiger partial charge on any atom is 0.149 e. The summed E-state index contributed by atoms with van der Waals surface area (Å²) in [5.41, 5.74) is 4.41. The molecule has 0 unspecified atom stereocenters. The number of benzene rings is 2. The van der Waals surface area contributed by atoms with Gasteiger partial charge in [-0.2, -0.15) is 0 Å². The average Bonchev–Trinajstić information content (AvgIpc) is 2.72. The Kier molecular flexibility index (Phi) is 5.84. The van der Waals surface area contributed by atoms with Crippen LogP contribution in [0.3, 0.4) is 0 Å². The highest BCUT2D eigenvalue weighted by Gasteiger charge is 2.14. The van der Waals surface area contributed by atoms with E-state index in [9.17, 15) is 4.39 Å². The van der Waals surface area contributed by atoms with E-state index in [4.69, 9.17) is 9.47 Å². The van der Waals surface area contributed by atoms with E-state index in [1.54, 1.807) is 6.07 Å². The van der Waals surface area contributed by atoms with Gasteiger partial charge in [0.25, 0.3) is 0 Å². The molecular formula is C23H25FN2O2. The molecule has 2 heterocycles. The van der Waals surface area contributed by atoms with Crippen molar-refractivity contribution in [3.05, 3.63) is 71.2 Å². The highest BCUT2D eigenvalue weighted by molar-refractivity contribution is 5.91. The van der Waals surface area contributed by atoms with Gasteiger partial charge in [0.1, 0.15) is 11.3 Å². The van der Waals surface area contributed by atoms with Crippen molar-refractivity contribution in [2.24, 2.45) is 0 Å². The predicted octanol–water partition coefficient (Wildman–Crippen LogP) is 4.99. The van der Waals surface area contributed by atoms with Gasteiger partial charge in [0.05, 0.1) is 12.7 Å². The third kappa shape index (κ3) is 4.49. The lowest BCUT2D eigenvalue weighted by atomic mass is 10.1. The van der Waals surface area contributed by atoms with E-state index < -0.39 is 0 Å². The van der Waals surface area contributed by atoms with Gasteiger partial charge < -0.3 is 14.8 Å². The van der Waals surface area contributed by atoms with Gasteiger partial charge in [-0.1, -0.05) is 36.4 Å². The van der Waals surface area contributed by atoms with Crippen LogP contribution in [0.15, 0.2) is 48.5 Å². The van der Waals surface area contributed by atoms with Gasteiger partial charge in [-0.3, -0.25) is 0 Å². The summed E-state index contributed by atoms with van der Waals surface area (Å²) in [5.74, 6) is -0.295. The molecule has 0 amide bonds. The number of hydrogen-bond acceptors (Lipinski definition) is 4. The summed E-state index contributed by atoms with van der Waals surface area (Å²) in [6, 6.07) is 15.4. The number of pyridine rings is 1. The topological polar surface area (TPSA) is 43.4 Å². The number of aryl methyl sites for hydroxylation is 1. The minimum absolute atomic E-state index is 0.289. The van der Waals surface area contributed by atoms with Gasteiger partial charge in [0.2, 0.25) is 0 Å². The Morgan fingerprint density at radius 2 is 1.89 bits per heavy atom. The first-order chi connectivity index (χ1) is 13.7. The first kappa shape index (κ1) is 18.8. The number of nitrogens with one attached hydrogen (secondary N) is 1. The zero-order chi connectivity index (χ0) is 19.3. The number of anilines is 1. The standard InChI is InChI=1S/C23H25FN2O2/c1-16-12-22(20-6-3-7-21(24)23(20)26-16)25-14-17-4-2-5-18(13-17)15-28-19-8-10-27-11-9-19/h2-7,12-13,19H,8-11,14-15H2,1H3,(H,25,26). The smallest absolute Gasteiger partial charge is 0.149 e. The fourth-order valence-electron chi connectivity index (χ4n) is 3.57. The van der Waals surface area contributed by atoms with Gasteiger partial charge in [0.15, 0.2) is 0 Å². The van der Waals surface area contributed by atoms with Crippen molar-refractivity contribution in [2.75, 3.05) is 18.5 Å². The fourth-order valence-corrected chi connectivity index (χ4v) is 3.57. The van der Waals surface area contributed by atoms with Crippen molar-refractivity contribution in [2.45, 2.75) is 39.0 Å². The van der Waals surface area contributed by atoms with E-state index in [1.165, 1.54) is 6.07 Å². The van der Waals surface area contributed by atoms with Crippen LogP contribution in [0.5, 0.6) is 0 Å². The molecule has 1 aromatic heterocycles. The molecule has 4 rings (SSSR count). The SMILES string of the molecule is Cc1cc(NCc2cccc(COC3CCOCC3)c2)c2cccc(F)c2n1. The van der Waals surface area contributed by atoms with Crippen molar-refractivity contribution in [3.63, 3.8) is 0 Å². The zero-order valence-electron chi connectivity index (χ0n) is 16.1. The van der Waals surface area contributed by atoms with E-state index in [2.05, 4.69) is 34.6 Å². The van der Waals surface area contributed by atoms with Gasteiger partial charge in [-0.05, 0) is 43.0 Å². The first-order valence-corrected chi connectivity index (χ1v) is 9.76. The molecule has 3 aromatic rings. The molecule has 0 spiro atoms. The lowest BCUT2D eigenvalue weighted by Crippen LogP contribution is -2.23. The van der Waals surface area contributed by atoms with E-state index >= 15 is 0 Å². The van der Waals surface area contributed by atoms with Crippen LogP contribution in [0.4, 0.5) is 10.1 Å². The first-order valence-electron chi connectivity index (χ1n) is 9.76. The van der Waals surface area contributed by atoms with Gasteiger partial charge in [0, 0.05) is 36.5 Å². The van der Waals surface area contributed by atoms with E-state index in [0.717, 1.165) is 53.9 Å². The molecule has 1 aliphatic rings. The van der Waals surface area contributed by atoms with Crippen molar-refractivity contribution in [1.29, 1.82) is 0 Å². The van der Waals surface area contributed by atoms with E-state index in [1.807, 2.05) is 19.1 Å². The summed E-state index contributed by atoms with van der Waals surface area (Å²) >= 11 is 0. The molecule has 0 bridgehead atoms. The summed E-state index contributed by atoms with van der Waals surface area (Å²) in [7, 11) is 0.